The normalized spacial score (nSPS) is 12.8. The summed E-state index contributed by atoms with van der Waals surface area (Å²) in [5.41, 5.74) is 1.10. The first kappa shape index (κ1) is 12.8. The van der Waals surface area contributed by atoms with E-state index in [4.69, 9.17) is 4.74 Å². The molecule has 1 rings (SSSR count). The van der Waals surface area contributed by atoms with Crippen LogP contribution in [-0.4, -0.2) is 20.4 Å². The molecule has 0 atom stereocenters. The lowest BCUT2D eigenvalue weighted by molar-refractivity contribution is 0.216. The minimum atomic E-state index is 0.762. The molecular weight excluding hydrogens is 270 g/mol. The predicted octanol–water partition coefficient (Wildman–Crippen LogP) is 1.55. The maximum absolute atomic E-state index is 5.25. The summed E-state index contributed by atoms with van der Waals surface area (Å²) in [4.78, 5) is 4.63. The Bertz CT molecular complexity index is 508. The molecule has 0 N–H and O–H groups in total. The van der Waals surface area contributed by atoms with Crippen molar-refractivity contribution >= 4 is 33.2 Å². The van der Waals surface area contributed by atoms with Gasteiger partial charge in [-0.25, -0.2) is 0 Å². The molecule has 0 amide bonds. The number of benzene rings is 1. The first-order chi connectivity index (χ1) is 7.60. The Labute approximate surface area is 103 Å². The highest BCUT2D eigenvalue weighted by atomic mass is 79.9. The van der Waals surface area contributed by atoms with Gasteiger partial charge >= 0.3 is 0 Å². The lowest BCUT2D eigenvalue weighted by Crippen LogP contribution is -2.27. The molecule has 0 saturated carbocycles. The number of hydrogen-bond acceptors (Lipinski definition) is 3. The maximum Gasteiger partial charge on any atom is 0.126 e. The lowest BCUT2D eigenvalue weighted by atomic mass is 10.1. The van der Waals surface area contributed by atoms with Gasteiger partial charge in [0.2, 0.25) is 0 Å². The van der Waals surface area contributed by atoms with E-state index >= 15 is 0 Å². The standard InChI is InChI=1S/C12H14BrNO2/c1-8-5-10(11(13)7-14-16-4)9(2)12(6-8)15-3/h5-7H,2H2,1,3-4H3/b11-10+,14-7+. The van der Waals surface area contributed by atoms with Crippen molar-refractivity contribution in [1.82, 2.24) is 0 Å². The molecule has 0 unspecified atom stereocenters. The molecule has 0 aromatic heterocycles. The minimum Gasteiger partial charge on any atom is -0.496 e. The van der Waals surface area contributed by atoms with Crippen LogP contribution >= 0.6 is 15.9 Å². The van der Waals surface area contributed by atoms with Gasteiger partial charge in [0.15, 0.2) is 0 Å². The third-order valence-corrected chi connectivity index (χ3v) is 2.73. The zero-order chi connectivity index (χ0) is 12.1. The van der Waals surface area contributed by atoms with Crippen LogP contribution < -0.4 is 15.2 Å². The van der Waals surface area contributed by atoms with Gasteiger partial charge in [-0.3, -0.25) is 0 Å². The Hall–Kier alpha value is -1.29. The van der Waals surface area contributed by atoms with Crippen LogP contribution in [0.4, 0.5) is 0 Å². The molecule has 0 aliphatic carbocycles. The summed E-state index contributed by atoms with van der Waals surface area (Å²) in [6.07, 6.45) is 1.59. The van der Waals surface area contributed by atoms with E-state index in [9.17, 15) is 0 Å². The molecule has 0 bridgehead atoms. The van der Waals surface area contributed by atoms with E-state index < -0.39 is 0 Å². The summed E-state index contributed by atoms with van der Waals surface area (Å²) < 4.78 is 6.06. The molecular formula is C12H14BrNO2. The van der Waals surface area contributed by atoms with Crippen LogP contribution in [0.1, 0.15) is 5.56 Å². The van der Waals surface area contributed by atoms with Crippen LogP contribution in [0.3, 0.4) is 0 Å². The second-order valence-electron chi connectivity index (χ2n) is 3.26. The van der Waals surface area contributed by atoms with Crippen molar-refractivity contribution in [2.24, 2.45) is 5.16 Å². The van der Waals surface area contributed by atoms with Gasteiger partial charge in [-0.05, 0) is 40.5 Å². The van der Waals surface area contributed by atoms with Crippen molar-refractivity contribution in [2.75, 3.05) is 14.2 Å². The van der Waals surface area contributed by atoms with Crippen LogP contribution in [0.5, 0.6) is 5.75 Å². The van der Waals surface area contributed by atoms with E-state index in [1.54, 1.807) is 13.3 Å². The van der Waals surface area contributed by atoms with Crippen molar-refractivity contribution in [3.05, 3.63) is 28.1 Å². The summed E-state index contributed by atoms with van der Waals surface area (Å²) in [5.74, 6) is 0.762. The number of methoxy groups -OCH3 is 1. The van der Waals surface area contributed by atoms with Crippen molar-refractivity contribution in [3.8, 4) is 5.75 Å². The van der Waals surface area contributed by atoms with Gasteiger partial charge < -0.3 is 9.57 Å². The minimum absolute atomic E-state index is 0.762. The van der Waals surface area contributed by atoms with Gasteiger partial charge in [0.1, 0.15) is 12.9 Å². The molecule has 16 heavy (non-hydrogen) atoms. The van der Waals surface area contributed by atoms with Gasteiger partial charge in [0.25, 0.3) is 0 Å². The maximum atomic E-state index is 5.25. The number of ether oxygens (including phenoxy) is 1. The van der Waals surface area contributed by atoms with Gasteiger partial charge in [-0.15, -0.1) is 0 Å². The quantitative estimate of drug-likeness (QED) is 0.623. The number of oxime groups is 1. The first-order valence-corrected chi connectivity index (χ1v) is 5.49. The average Bonchev–Trinajstić information content (AvgIpc) is 2.28. The average molecular weight is 284 g/mol. The highest BCUT2D eigenvalue weighted by Crippen LogP contribution is 2.05. The Morgan fingerprint density at radius 1 is 1.44 bits per heavy atom. The van der Waals surface area contributed by atoms with Gasteiger partial charge in [0, 0.05) is 14.9 Å². The molecule has 0 fully saturated rings. The fraction of sp³-hybridized carbons (Fsp3) is 0.250. The van der Waals surface area contributed by atoms with Crippen LogP contribution in [0, 0.1) is 6.92 Å². The van der Waals surface area contributed by atoms with E-state index in [0.29, 0.717) is 0 Å². The lowest BCUT2D eigenvalue weighted by Gasteiger charge is -2.03. The third kappa shape index (κ3) is 2.85. The molecule has 1 aromatic carbocycles. The number of halogens is 1. The summed E-state index contributed by atoms with van der Waals surface area (Å²) in [7, 11) is 3.13. The van der Waals surface area contributed by atoms with E-state index in [-0.39, 0.29) is 0 Å². The van der Waals surface area contributed by atoms with Crippen LogP contribution in [0.2, 0.25) is 0 Å². The Balaban J connectivity index is 3.50. The van der Waals surface area contributed by atoms with Gasteiger partial charge in [-0.2, -0.15) is 0 Å². The molecule has 4 heteroatoms. The monoisotopic (exact) mass is 283 g/mol. The summed E-state index contributed by atoms with van der Waals surface area (Å²) in [6, 6.07) is 3.95. The van der Waals surface area contributed by atoms with E-state index in [2.05, 4.69) is 32.5 Å². The number of rotatable bonds is 3. The van der Waals surface area contributed by atoms with E-state index in [0.717, 1.165) is 26.2 Å². The fourth-order valence-corrected chi connectivity index (χ4v) is 1.78. The van der Waals surface area contributed by atoms with Crippen LogP contribution in [0.25, 0.3) is 11.1 Å². The van der Waals surface area contributed by atoms with Crippen LogP contribution in [-0.2, 0) is 4.84 Å². The summed E-state index contributed by atoms with van der Waals surface area (Å²) >= 11 is 3.43. The molecule has 0 heterocycles. The van der Waals surface area contributed by atoms with E-state index in [1.807, 2.05) is 19.1 Å². The Kier molecular flexibility index (Phi) is 4.55. The number of nitrogens with zero attached hydrogens (tertiary/aromatic N) is 1. The van der Waals surface area contributed by atoms with E-state index in [1.165, 1.54) is 7.11 Å². The predicted molar refractivity (Wildman–Crippen MR) is 70.3 cm³/mol. The second kappa shape index (κ2) is 5.70. The highest BCUT2D eigenvalue weighted by molar-refractivity contribution is 9.15. The first-order valence-electron chi connectivity index (χ1n) is 4.70. The number of aryl methyl sites for hydroxylation is 1. The summed E-state index contributed by atoms with van der Waals surface area (Å²) in [6.45, 7) is 5.98. The molecule has 0 saturated heterocycles. The molecule has 3 nitrogen and oxygen atoms in total. The van der Waals surface area contributed by atoms with Gasteiger partial charge in [0.05, 0.1) is 13.3 Å². The van der Waals surface area contributed by atoms with Crippen molar-refractivity contribution in [1.29, 1.82) is 0 Å². The van der Waals surface area contributed by atoms with Crippen molar-refractivity contribution in [2.45, 2.75) is 6.92 Å². The molecule has 0 aliphatic heterocycles. The summed E-state index contributed by atoms with van der Waals surface area (Å²) in [5, 5.41) is 5.46. The van der Waals surface area contributed by atoms with Crippen molar-refractivity contribution < 1.29 is 9.57 Å². The zero-order valence-electron chi connectivity index (χ0n) is 9.58. The molecule has 0 spiro atoms. The third-order valence-electron chi connectivity index (χ3n) is 2.10. The SMILES string of the molecule is C=c1c(OC)cc(C)c/c1=C(Br)/C=N/OC. The fourth-order valence-electron chi connectivity index (χ4n) is 1.35. The molecule has 1 aromatic rings. The second-order valence-corrected chi connectivity index (χ2v) is 4.11. The van der Waals surface area contributed by atoms with Crippen molar-refractivity contribution in [3.63, 3.8) is 0 Å². The largest absolute Gasteiger partial charge is 0.496 e. The molecule has 0 aliphatic rings. The Morgan fingerprint density at radius 3 is 2.69 bits per heavy atom. The molecule has 86 valence electrons. The topological polar surface area (TPSA) is 30.8 Å². The highest BCUT2D eigenvalue weighted by Gasteiger charge is 1.99. The van der Waals surface area contributed by atoms with Gasteiger partial charge in [-0.1, -0.05) is 11.7 Å². The Morgan fingerprint density at radius 2 is 2.12 bits per heavy atom. The number of hydrogen-bond donors (Lipinski definition) is 0. The molecule has 0 radical (unpaired) electrons. The zero-order valence-corrected chi connectivity index (χ0v) is 11.2. The smallest absolute Gasteiger partial charge is 0.126 e. The van der Waals surface area contributed by atoms with Crippen LogP contribution in [0.15, 0.2) is 17.3 Å².